The Balaban J connectivity index is 3.19. The van der Waals surface area contributed by atoms with Crippen LogP contribution >= 0.6 is 0 Å². The minimum atomic E-state index is -0.217. The quantitative estimate of drug-likeness (QED) is 0.294. The lowest BCUT2D eigenvalue weighted by molar-refractivity contribution is -0.144. The van der Waals surface area contributed by atoms with Crippen LogP contribution in [0.25, 0.3) is 0 Å². The summed E-state index contributed by atoms with van der Waals surface area (Å²) in [7, 11) is 0. The second kappa shape index (κ2) is 14.6. The molecule has 0 heterocycles. The summed E-state index contributed by atoms with van der Waals surface area (Å²) in [6.07, 6.45) is 9.19. The van der Waals surface area contributed by atoms with Crippen LogP contribution in [0.4, 0.5) is 0 Å². The highest BCUT2D eigenvalue weighted by Crippen LogP contribution is 2.10. The SMILES string of the molecule is C=C(C)C(=O)NCCCCCCCCCCC(=O)OCCO. The summed E-state index contributed by atoms with van der Waals surface area (Å²) in [5.74, 6) is -0.275. The van der Waals surface area contributed by atoms with Crippen LogP contribution in [0.3, 0.4) is 0 Å². The third kappa shape index (κ3) is 13.6. The zero-order valence-corrected chi connectivity index (χ0v) is 13.9. The molecule has 0 rings (SSSR count). The molecule has 0 aromatic heterocycles. The fraction of sp³-hybridized carbons (Fsp3) is 0.765. The number of aliphatic hydroxyl groups is 1. The van der Waals surface area contributed by atoms with Crippen molar-refractivity contribution >= 4 is 11.9 Å². The lowest BCUT2D eigenvalue weighted by atomic mass is 10.1. The van der Waals surface area contributed by atoms with Gasteiger partial charge in [0.25, 0.3) is 0 Å². The molecule has 0 bridgehead atoms. The highest BCUT2D eigenvalue weighted by molar-refractivity contribution is 5.91. The molecule has 0 aromatic carbocycles. The van der Waals surface area contributed by atoms with Gasteiger partial charge in [-0.3, -0.25) is 9.59 Å². The number of esters is 1. The van der Waals surface area contributed by atoms with Gasteiger partial charge in [0.1, 0.15) is 6.61 Å². The lowest BCUT2D eigenvalue weighted by Crippen LogP contribution is -2.24. The van der Waals surface area contributed by atoms with E-state index in [9.17, 15) is 9.59 Å². The van der Waals surface area contributed by atoms with E-state index in [1.165, 1.54) is 19.3 Å². The summed E-state index contributed by atoms with van der Waals surface area (Å²) in [6.45, 7) is 6.02. The smallest absolute Gasteiger partial charge is 0.305 e. The average Bonchev–Trinajstić information content (AvgIpc) is 2.50. The minimum Gasteiger partial charge on any atom is -0.463 e. The Labute approximate surface area is 134 Å². The Kier molecular flexibility index (Phi) is 13.7. The molecular formula is C17H31NO4. The van der Waals surface area contributed by atoms with E-state index < -0.39 is 0 Å². The number of hydrogen-bond donors (Lipinski definition) is 2. The van der Waals surface area contributed by atoms with Gasteiger partial charge in [0.2, 0.25) is 5.91 Å². The predicted molar refractivity (Wildman–Crippen MR) is 87.4 cm³/mol. The van der Waals surface area contributed by atoms with Crippen LogP contribution in [0.1, 0.15) is 64.7 Å². The van der Waals surface area contributed by atoms with Crippen LogP contribution < -0.4 is 5.32 Å². The van der Waals surface area contributed by atoms with Gasteiger partial charge in [0.05, 0.1) is 6.61 Å². The number of carbonyl (C=O) groups is 2. The number of ether oxygens (including phenoxy) is 1. The van der Waals surface area contributed by atoms with Crippen molar-refractivity contribution in [3.63, 3.8) is 0 Å². The number of aliphatic hydroxyl groups excluding tert-OH is 1. The number of nitrogens with one attached hydrogen (secondary N) is 1. The highest BCUT2D eigenvalue weighted by Gasteiger charge is 2.02. The molecule has 2 N–H and O–H groups in total. The highest BCUT2D eigenvalue weighted by atomic mass is 16.5. The van der Waals surface area contributed by atoms with Gasteiger partial charge in [0.15, 0.2) is 0 Å². The van der Waals surface area contributed by atoms with E-state index in [1.54, 1.807) is 6.92 Å². The molecule has 0 aliphatic heterocycles. The molecule has 0 atom stereocenters. The maximum atomic E-state index is 11.2. The Morgan fingerprint density at radius 2 is 1.55 bits per heavy atom. The topological polar surface area (TPSA) is 75.6 Å². The van der Waals surface area contributed by atoms with Gasteiger partial charge in [-0.1, -0.05) is 45.1 Å². The van der Waals surface area contributed by atoms with Crippen molar-refractivity contribution in [3.05, 3.63) is 12.2 Å². The van der Waals surface area contributed by atoms with Crippen LogP contribution in [-0.2, 0) is 14.3 Å². The van der Waals surface area contributed by atoms with Crippen molar-refractivity contribution in [1.82, 2.24) is 5.32 Å². The number of rotatable bonds is 14. The summed E-state index contributed by atoms with van der Waals surface area (Å²) in [6, 6.07) is 0. The molecule has 0 unspecified atom stereocenters. The van der Waals surface area contributed by atoms with Gasteiger partial charge in [-0.25, -0.2) is 0 Å². The predicted octanol–water partition coefficient (Wildman–Crippen LogP) is 2.73. The maximum Gasteiger partial charge on any atom is 0.305 e. The number of carbonyl (C=O) groups excluding carboxylic acids is 2. The molecule has 0 aliphatic carbocycles. The van der Waals surface area contributed by atoms with Crippen molar-refractivity contribution < 1.29 is 19.4 Å². The standard InChI is InChI=1S/C17H31NO4/c1-15(2)17(21)18-12-10-8-6-4-3-5-7-9-11-16(20)22-14-13-19/h19H,1,3-14H2,2H3,(H,18,21). The van der Waals surface area contributed by atoms with Crippen molar-refractivity contribution in [2.75, 3.05) is 19.8 Å². The van der Waals surface area contributed by atoms with Gasteiger partial charge in [0, 0.05) is 18.5 Å². The molecule has 0 aromatic rings. The number of amides is 1. The Hall–Kier alpha value is -1.36. The van der Waals surface area contributed by atoms with Crippen molar-refractivity contribution in [1.29, 1.82) is 0 Å². The van der Waals surface area contributed by atoms with Crippen LogP contribution in [0, 0.1) is 0 Å². The maximum absolute atomic E-state index is 11.2. The average molecular weight is 313 g/mol. The van der Waals surface area contributed by atoms with Gasteiger partial charge in [-0.2, -0.15) is 0 Å². The fourth-order valence-corrected chi connectivity index (χ4v) is 2.04. The summed E-state index contributed by atoms with van der Waals surface area (Å²) >= 11 is 0. The second-order valence-corrected chi connectivity index (χ2v) is 5.56. The van der Waals surface area contributed by atoms with Crippen LogP contribution in [-0.4, -0.2) is 36.7 Å². The molecule has 5 nitrogen and oxygen atoms in total. The molecule has 1 amide bonds. The van der Waals surface area contributed by atoms with Gasteiger partial charge in [-0.15, -0.1) is 0 Å². The van der Waals surface area contributed by atoms with E-state index in [-0.39, 0.29) is 25.1 Å². The first kappa shape index (κ1) is 20.6. The molecule has 0 aliphatic rings. The first-order valence-electron chi connectivity index (χ1n) is 8.28. The van der Waals surface area contributed by atoms with E-state index in [2.05, 4.69) is 11.9 Å². The van der Waals surface area contributed by atoms with Crippen molar-refractivity contribution in [2.45, 2.75) is 64.7 Å². The Bertz CT molecular complexity index is 329. The molecule has 0 spiro atoms. The molecule has 0 fully saturated rings. The van der Waals surface area contributed by atoms with Gasteiger partial charge in [-0.05, 0) is 19.8 Å². The summed E-state index contributed by atoms with van der Waals surface area (Å²) in [5.41, 5.74) is 0.556. The Morgan fingerprint density at radius 1 is 1.00 bits per heavy atom. The summed E-state index contributed by atoms with van der Waals surface area (Å²) in [5, 5.41) is 11.3. The molecule has 0 saturated heterocycles. The molecular weight excluding hydrogens is 282 g/mol. The third-order valence-electron chi connectivity index (χ3n) is 3.34. The first-order chi connectivity index (χ1) is 10.6. The van der Waals surface area contributed by atoms with E-state index in [4.69, 9.17) is 9.84 Å². The van der Waals surface area contributed by atoms with Crippen LogP contribution in [0.15, 0.2) is 12.2 Å². The van der Waals surface area contributed by atoms with E-state index >= 15 is 0 Å². The Morgan fingerprint density at radius 3 is 2.09 bits per heavy atom. The monoisotopic (exact) mass is 313 g/mol. The van der Waals surface area contributed by atoms with E-state index in [0.29, 0.717) is 12.0 Å². The summed E-state index contributed by atoms with van der Waals surface area (Å²) in [4.78, 5) is 22.4. The fourth-order valence-electron chi connectivity index (χ4n) is 2.04. The zero-order chi connectivity index (χ0) is 16.6. The third-order valence-corrected chi connectivity index (χ3v) is 3.34. The second-order valence-electron chi connectivity index (χ2n) is 5.56. The zero-order valence-electron chi connectivity index (χ0n) is 13.9. The first-order valence-corrected chi connectivity index (χ1v) is 8.28. The van der Waals surface area contributed by atoms with Crippen LogP contribution in [0.5, 0.6) is 0 Å². The minimum absolute atomic E-state index is 0.0579. The van der Waals surface area contributed by atoms with Crippen LogP contribution in [0.2, 0.25) is 0 Å². The lowest BCUT2D eigenvalue weighted by Gasteiger charge is -2.05. The van der Waals surface area contributed by atoms with Gasteiger partial charge < -0.3 is 15.2 Å². The molecule has 22 heavy (non-hydrogen) atoms. The van der Waals surface area contributed by atoms with Crippen molar-refractivity contribution in [3.8, 4) is 0 Å². The molecule has 0 radical (unpaired) electrons. The van der Waals surface area contributed by atoms with E-state index in [1.807, 2.05) is 0 Å². The molecule has 0 saturated carbocycles. The number of hydrogen-bond acceptors (Lipinski definition) is 4. The van der Waals surface area contributed by atoms with Crippen molar-refractivity contribution in [2.24, 2.45) is 0 Å². The van der Waals surface area contributed by atoms with E-state index in [0.717, 1.165) is 38.6 Å². The summed E-state index contributed by atoms with van der Waals surface area (Å²) < 4.78 is 4.78. The largest absolute Gasteiger partial charge is 0.463 e. The molecule has 5 heteroatoms. The number of unbranched alkanes of at least 4 members (excludes halogenated alkanes) is 7. The van der Waals surface area contributed by atoms with Gasteiger partial charge >= 0.3 is 5.97 Å². The molecule has 128 valence electrons. The normalized spacial score (nSPS) is 10.3.